The Labute approximate surface area is 172 Å². The summed E-state index contributed by atoms with van der Waals surface area (Å²) in [6, 6.07) is 15.3. The third-order valence-corrected chi connectivity index (χ3v) is 4.84. The minimum absolute atomic E-state index is 0.193. The normalized spacial score (nSPS) is 10.9. The number of aromatic nitrogens is 1. The Balaban J connectivity index is 2.00. The average molecular weight is 406 g/mol. The molecule has 1 heterocycles. The van der Waals surface area contributed by atoms with Crippen LogP contribution in [0.25, 0.3) is 22.9 Å². The van der Waals surface area contributed by atoms with Gasteiger partial charge in [-0.25, -0.2) is 4.98 Å². The fraction of sp³-hybridized carbons (Fsp3) is 0.136. The summed E-state index contributed by atoms with van der Waals surface area (Å²) in [7, 11) is 2.93. The number of thiazole rings is 1. The summed E-state index contributed by atoms with van der Waals surface area (Å²) in [5, 5.41) is 12.2. The van der Waals surface area contributed by atoms with Gasteiger partial charge in [0, 0.05) is 17.9 Å². The van der Waals surface area contributed by atoms with E-state index in [1.54, 1.807) is 18.2 Å². The molecule has 0 unspecified atom stereocenters. The number of ether oxygens (including phenoxy) is 3. The molecular weight excluding hydrogens is 388 g/mol. The third kappa shape index (κ3) is 4.62. The van der Waals surface area contributed by atoms with Crippen LogP contribution >= 0.6 is 11.3 Å². The molecule has 29 heavy (non-hydrogen) atoms. The smallest absolute Gasteiger partial charge is 0.308 e. The summed E-state index contributed by atoms with van der Waals surface area (Å²) in [5.74, 6) is 0.358. The number of rotatable bonds is 6. The van der Waals surface area contributed by atoms with E-state index >= 15 is 0 Å². The van der Waals surface area contributed by atoms with Gasteiger partial charge in [0.05, 0.1) is 25.5 Å². The predicted molar refractivity (Wildman–Crippen MR) is 112 cm³/mol. The molecule has 3 rings (SSSR count). The molecule has 1 aromatic heterocycles. The standard InChI is InChI=1S/C22H18N2O4S/c1-14(25)28-21-19(26-2)10-15(11-20(21)27-3)9-17(12-23)22-24-18(13-29-22)16-7-5-4-6-8-16/h4-11,13H,1-3H3/b17-9-. The Morgan fingerprint density at radius 3 is 2.34 bits per heavy atom. The van der Waals surface area contributed by atoms with Crippen molar-refractivity contribution in [1.82, 2.24) is 4.98 Å². The molecule has 6 nitrogen and oxygen atoms in total. The molecule has 0 bridgehead atoms. The van der Waals surface area contributed by atoms with Gasteiger partial charge < -0.3 is 14.2 Å². The molecule has 0 N–H and O–H groups in total. The van der Waals surface area contributed by atoms with Crippen molar-refractivity contribution < 1.29 is 19.0 Å². The zero-order valence-electron chi connectivity index (χ0n) is 16.1. The van der Waals surface area contributed by atoms with Crippen LogP contribution < -0.4 is 14.2 Å². The lowest BCUT2D eigenvalue weighted by molar-refractivity contribution is -0.132. The van der Waals surface area contributed by atoms with Gasteiger partial charge in [0.2, 0.25) is 5.75 Å². The van der Waals surface area contributed by atoms with Crippen LogP contribution in [0.4, 0.5) is 0 Å². The van der Waals surface area contributed by atoms with Crippen molar-refractivity contribution in [3.63, 3.8) is 0 Å². The molecule has 0 saturated carbocycles. The topological polar surface area (TPSA) is 81.4 Å². The summed E-state index contributed by atoms with van der Waals surface area (Å²) in [6.07, 6.45) is 1.69. The van der Waals surface area contributed by atoms with E-state index in [9.17, 15) is 10.1 Å². The lowest BCUT2D eigenvalue weighted by atomic mass is 10.1. The number of allylic oxidation sites excluding steroid dienone is 1. The minimum Gasteiger partial charge on any atom is -0.493 e. The van der Waals surface area contributed by atoms with Crippen molar-refractivity contribution in [3.8, 4) is 34.6 Å². The number of benzene rings is 2. The Kier molecular flexibility index (Phi) is 6.27. The Morgan fingerprint density at radius 1 is 1.14 bits per heavy atom. The largest absolute Gasteiger partial charge is 0.493 e. The third-order valence-electron chi connectivity index (χ3n) is 3.96. The molecule has 0 aliphatic carbocycles. The molecule has 0 amide bonds. The van der Waals surface area contributed by atoms with Gasteiger partial charge in [0.25, 0.3) is 0 Å². The first-order valence-electron chi connectivity index (χ1n) is 8.63. The van der Waals surface area contributed by atoms with Crippen molar-refractivity contribution in [1.29, 1.82) is 5.26 Å². The highest BCUT2D eigenvalue weighted by Gasteiger charge is 2.16. The average Bonchev–Trinajstić information content (AvgIpc) is 3.23. The fourth-order valence-corrected chi connectivity index (χ4v) is 3.47. The molecule has 0 radical (unpaired) electrons. The summed E-state index contributed by atoms with van der Waals surface area (Å²) in [6.45, 7) is 1.30. The number of hydrogen-bond donors (Lipinski definition) is 0. The maximum atomic E-state index is 11.4. The van der Waals surface area contributed by atoms with E-state index in [4.69, 9.17) is 14.2 Å². The second-order valence-electron chi connectivity index (χ2n) is 5.92. The minimum atomic E-state index is -0.487. The molecule has 0 aliphatic heterocycles. The van der Waals surface area contributed by atoms with Gasteiger partial charge in [-0.05, 0) is 23.8 Å². The maximum Gasteiger partial charge on any atom is 0.308 e. The molecule has 0 atom stereocenters. The first kappa shape index (κ1) is 20.1. The lowest BCUT2D eigenvalue weighted by Gasteiger charge is -2.13. The number of carbonyl (C=O) groups is 1. The van der Waals surface area contributed by atoms with E-state index in [2.05, 4.69) is 11.1 Å². The summed E-state index contributed by atoms with van der Waals surface area (Å²) < 4.78 is 15.9. The van der Waals surface area contributed by atoms with Gasteiger partial charge in [-0.3, -0.25) is 4.79 Å². The van der Waals surface area contributed by atoms with Crippen LogP contribution in [0.2, 0.25) is 0 Å². The SMILES string of the molecule is COc1cc(/C=C(/C#N)c2nc(-c3ccccc3)cs2)cc(OC)c1OC(C)=O. The number of hydrogen-bond acceptors (Lipinski definition) is 7. The maximum absolute atomic E-state index is 11.4. The van der Waals surface area contributed by atoms with E-state index in [0.29, 0.717) is 27.6 Å². The van der Waals surface area contributed by atoms with Crippen LogP contribution in [-0.4, -0.2) is 25.2 Å². The van der Waals surface area contributed by atoms with Crippen molar-refractivity contribution in [2.75, 3.05) is 14.2 Å². The van der Waals surface area contributed by atoms with Crippen LogP contribution in [0.15, 0.2) is 47.8 Å². The molecule has 3 aromatic rings. The number of carbonyl (C=O) groups excluding carboxylic acids is 1. The second kappa shape index (κ2) is 9.04. The number of esters is 1. The number of nitrogens with zero attached hydrogens (tertiary/aromatic N) is 2. The van der Waals surface area contributed by atoms with E-state index in [1.807, 2.05) is 35.7 Å². The number of methoxy groups -OCH3 is 2. The predicted octanol–water partition coefficient (Wildman–Crippen LogP) is 4.82. The summed E-state index contributed by atoms with van der Waals surface area (Å²) in [5.41, 5.74) is 2.86. The van der Waals surface area contributed by atoms with Gasteiger partial charge in [-0.15, -0.1) is 11.3 Å². The van der Waals surface area contributed by atoms with E-state index in [0.717, 1.165) is 11.3 Å². The van der Waals surface area contributed by atoms with Crippen LogP contribution in [0.1, 0.15) is 17.5 Å². The summed E-state index contributed by atoms with van der Waals surface area (Å²) in [4.78, 5) is 16.0. The quantitative estimate of drug-likeness (QED) is 0.332. The van der Waals surface area contributed by atoms with E-state index in [1.165, 1.54) is 32.5 Å². The fourth-order valence-electron chi connectivity index (χ4n) is 2.68. The molecule has 0 fully saturated rings. The highest BCUT2D eigenvalue weighted by atomic mass is 32.1. The highest BCUT2D eigenvalue weighted by molar-refractivity contribution is 7.11. The zero-order chi connectivity index (χ0) is 20.8. The van der Waals surface area contributed by atoms with Gasteiger partial charge in [-0.1, -0.05) is 30.3 Å². The van der Waals surface area contributed by atoms with Crippen molar-refractivity contribution in [2.24, 2.45) is 0 Å². The van der Waals surface area contributed by atoms with Crippen LogP contribution in [-0.2, 0) is 4.79 Å². The molecule has 0 spiro atoms. The van der Waals surface area contributed by atoms with Crippen molar-refractivity contribution >= 4 is 29.0 Å². The van der Waals surface area contributed by atoms with Crippen LogP contribution in [0.3, 0.4) is 0 Å². The van der Waals surface area contributed by atoms with Crippen LogP contribution in [0.5, 0.6) is 17.2 Å². The second-order valence-corrected chi connectivity index (χ2v) is 6.78. The van der Waals surface area contributed by atoms with E-state index < -0.39 is 5.97 Å². The Bertz CT molecular complexity index is 1070. The number of nitriles is 1. The Morgan fingerprint density at radius 2 is 1.79 bits per heavy atom. The van der Waals surface area contributed by atoms with Crippen molar-refractivity contribution in [3.05, 3.63) is 58.4 Å². The molecule has 0 saturated heterocycles. The van der Waals surface area contributed by atoms with Gasteiger partial charge in [0.1, 0.15) is 11.1 Å². The zero-order valence-corrected chi connectivity index (χ0v) is 16.9. The van der Waals surface area contributed by atoms with Crippen LogP contribution in [0, 0.1) is 11.3 Å². The first-order valence-corrected chi connectivity index (χ1v) is 9.51. The summed E-state index contributed by atoms with van der Waals surface area (Å²) >= 11 is 1.39. The monoisotopic (exact) mass is 406 g/mol. The first-order chi connectivity index (χ1) is 14.0. The lowest BCUT2D eigenvalue weighted by Crippen LogP contribution is -2.05. The molecule has 0 aliphatic rings. The van der Waals surface area contributed by atoms with Gasteiger partial charge >= 0.3 is 5.97 Å². The van der Waals surface area contributed by atoms with Crippen molar-refractivity contribution in [2.45, 2.75) is 6.92 Å². The van der Waals surface area contributed by atoms with Gasteiger partial charge in [0.15, 0.2) is 11.5 Å². The molecule has 2 aromatic carbocycles. The van der Waals surface area contributed by atoms with Gasteiger partial charge in [-0.2, -0.15) is 5.26 Å². The molecular formula is C22H18N2O4S. The Hall–Kier alpha value is -3.63. The highest BCUT2D eigenvalue weighted by Crippen LogP contribution is 2.39. The molecule has 7 heteroatoms. The molecule has 146 valence electrons. The van der Waals surface area contributed by atoms with E-state index in [-0.39, 0.29) is 5.75 Å².